The van der Waals surface area contributed by atoms with Crippen molar-refractivity contribution < 1.29 is 24.2 Å². The number of likely N-dealkylation sites (N-methyl/N-ethyl adjacent to an activating group) is 1. The molecule has 0 aliphatic carbocycles. The first-order valence-corrected chi connectivity index (χ1v) is 6.50. The number of carbonyl (C=O) groups is 2. The molecule has 0 unspecified atom stereocenters. The number of carbonyl (C=O) groups excluding carboxylic acids is 1. The molecule has 6 heteroatoms. The number of rotatable bonds is 5. The van der Waals surface area contributed by atoms with E-state index in [9.17, 15) is 9.59 Å². The molecule has 6 nitrogen and oxygen atoms in total. The average molecular weight is 291 g/mol. The van der Waals surface area contributed by atoms with Gasteiger partial charge in [-0.25, -0.2) is 0 Å². The van der Waals surface area contributed by atoms with Crippen LogP contribution in [0.5, 0.6) is 11.5 Å². The van der Waals surface area contributed by atoms with E-state index in [4.69, 9.17) is 14.6 Å². The second kappa shape index (κ2) is 6.30. The summed E-state index contributed by atoms with van der Waals surface area (Å²) in [5.41, 5.74) is 1.26. The summed E-state index contributed by atoms with van der Waals surface area (Å²) in [7, 11) is 3.14. The molecule has 1 N–H and O–H groups in total. The van der Waals surface area contributed by atoms with Crippen LogP contribution in [-0.2, 0) is 9.59 Å². The van der Waals surface area contributed by atoms with Crippen molar-refractivity contribution in [1.82, 2.24) is 4.90 Å². The van der Waals surface area contributed by atoms with Crippen LogP contribution in [0.15, 0.2) is 23.8 Å². The second-order valence-electron chi connectivity index (χ2n) is 4.71. The van der Waals surface area contributed by atoms with Gasteiger partial charge in [0.15, 0.2) is 11.5 Å². The van der Waals surface area contributed by atoms with E-state index >= 15 is 0 Å². The van der Waals surface area contributed by atoms with Crippen molar-refractivity contribution >= 4 is 18.0 Å². The summed E-state index contributed by atoms with van der Waals surface area (Å²) in [4.78, 5) is 24.2. The summed E-state index contributed by atoms with van der Waals surface area (Å²) in [5.74, 6) is 0.0718. The fraction of sp³-hybridized carbons (Fsp3) is 0.333. The molecule has 0 atom stereocenters. The maximum atomic E-state index is 12.2. The van der Waals surface area contributed by atoms with Gasteiger partial charge in [-0.05, 0) is 12.1 Å². The van der Waals surface area contributed by atoms with Gasteiger partial charge in [-0.3, -0.25) is 9.59 Å². The van der Waals surface area contributed by atoms with Crippen LogP contribution in [0, 0.1) is 0 Å². The van der Waals surface area contributed by atoms with Gasteiger partial charge in [0.2, 0.25) is 0 Å². The van der Waals surface area contributed by atoms with Gasteiger partial charge >= 0.3 is 5.97 Å². The van der Waals surface area contributed by atoms with Gasteiger partial charge in [-0.1, -0.05) is 12.1 Å². The Kier molecular flexibility index (Phi) is 4.47. The van der Waals surface area contributed by atoms with Gasteiger partial charge in [0.25, 0.3) is 5.91 Å². The first-order chi connectivity index (χ1) is 10.0. The van der Waals surface area contributed by atoms with Crippen LogP contribution in [0.25, 0.3) is 6.08 Å². The number of aliphatic carboxylic acids is 1. The van der Waals surface area contributed by atoms with E-state index in [2.05, 4.69) is 0 Å². The number of hydrogen-bond donors (Lipinski definition) is 1. The number of hydrogen-bond acceptors (Lipinski definition) is 4. The Morgan fingerprint density at radius 1 is 1.43 bits per heavy atom. The summed E-state index contributed by atoms with van der Waals surface area (Å²) >= 11 is 0. The summed E-state index contributed by atoms with van der Waals surface area (Å²) in [6, 6.07) is 5.44. The predicted octanol–water partition coefficient (Wildman–Crippen LogP) is 1.40. The summed E-state index contributed by atoms with van der Waals surface area (Å²) < 4.78 is 10.8. The second-order valence-corrected chi connectivity index (χ2v) is 4.71. The lowest BCUT2D eigenvalue weighted by Gasteiger charge is -2.23. The number of carboxylic acids is 1. The SMILES string of the molecule is COc1cccc2c1OCC(C(=O)N(C)CCC(=O)O)=C2. The molecular formula is C15H17NO5. The molecule has 1 aliphatic heterocycles. The van der Waals surface area contributed by atoms with Crippen LogP contribution < -0.4 is 9.47 Å². The molecule has 0 bridgehead atoms. The predicted molar refractivity (Wildman–Crippen MR) is 76.4 cm³/mol. The normalized spacial score (nSPS) is 12.8. The maximum Gasteiger partial charge on any atom is 0.305 e. The highest BCUT2D eigenvalue weighted by molar-refractivity contribution is 5.99. The smallest absolute Gasteiger partial charge is 0.305 e. The minimum Gasteiger partial charge on any atom is -0.493 e. The van der Waals surface area contributed by atoms with Gasteiger partial charge in [-0.15, -0.1) is 0 Å². The maximum absolute atomic E-state index is 12.2. The van der Waals surface area contributed by atoms with Crippen molar-refractivity contribution in [3.63, 3.8) is 0 Å². The highest BCUT2D eigenvalue weighted by atomic mass is 16.5. The van der Waals surface area contributed by atoms with Crippen LogP contribution in [0.4, 0.5) is 0 Å². The lowest BCUT2D eigenvalue weighted by molar-refractivity contribution is -0.137. The number of nitrogens with zero attached hydrogens (tertiary/aromatic N) is 1. The molecule has 1 heterocycles. The third-order valence-corrected chi connectivity index (χ3v) is 3.21. The number of amides is 1. The molecule has 0 aromatic heterocycles. The van der Waals surface area contributed by atoms with Crippen molar-refractivity contribution in [3.8, 4) is 11.5 Å². The van der Waals surface area contributed by atoms with Crippen molar-refractivity contribution in [2.75, 3.05) is 27.3 Å². The van der Waals surface area contributed by atoms with E-state index in [1.54, 1.807) is 26.3 Å². The highest BCUT2D eigenvalue weighted by Gasteiger charge is 2.22. The molecule has 1 aliphatic rings. The quantitative estimate of drug-likeness (QED) is 0.887. The monoisotopic (exact) mass is 291 g/mol. The van der Waals surface area contributed by atoms with Crippen LogP contribution in [0.2, 0.25) is 0 Å². The van der Waals surface area contributed by atoms with Gasteiger partial charge in [-0.2, -0.15) is 0 Å². The fourth-order valence-electron chi connectivity index (χ4n) is 2.07. The van der Waals surface area contributed by atoms with Crippen LogP contribution in [0.1, 0.15) is 12.0 Å². The van der Waals surface area contributed by atoms with E-state index in [-0.39, 0.29) is 25.5 Å². The average Bonchev–Trinajstić information content (AvgIpc) is 2.50. The third-order valence-electron chi connectivity index (χ3n) is 3.21. The van der Waals surface area contributed by atoms with E-state index in [1.165, 1.54) is 4.90 Å². The fourth-order valence-corrected chi connectivity index (χ4v) is 2.07. The number of carboxylic acid groups (broad SMARTS) is 1. The number of ether oxygens (including phenoxy) is 2. The standard InChI is InChI=1S/C15H17NO5/c1-16(7-6-13(17)18)15(19)11-8-10-4-3-5-12(20-2)14(10)21-9-11/h3-5,8H,6-7,9H2,1-2H3,(H,17,18). The number of para-hydroxylation sites is 1. The van der Waals surface area contributed by atoms with E-state index in [1.807, 2.05) is 12.1 Å². The van der Waals surface area contributed by atoms with Crippen LogP contribution >= 0.6 is 0 Å². The van der Waals surface area contributed by atoms with Crippen molar-refractivity contribution in [1.29, 1.82) is 0 Å². The van der Waals surface area contributed by atoms with Gasteiger partial charge in [0, 0.05) is 19.2 Å². The Morgan fingerprint density at radius 2 is 2.19 bits per heavy atom. The van der Waals surface area contributed by atoms with Gasteiger partial charge < -0.3 is 19.5 Å². The highest BCUT2D eigenvalue weighted by Crippen LogP contribution is 2.35. The molecule has 0 saturated heterocycles. The Bertz CT molecular complexity index is 594. The molecule has 1 aromatic carbocycles. The molecule has 0 spiro atoms. The van der Waals surface area contributed by atoms with Gasteiger partial charge in [0.1, 0.15) is 6.61 Å². The molecule has 0 radical (unpaired) electrons. The first-order valence-electron chi connectivity index (χ1n) is 6.50. The summed E-state index contributed by atoms with van der Waals surface area (Å²) in [5, 5.41) is 8.65. The molecule has 21 heavy (non-hydrogen) atoms. The molecule has 1 aromatic rings. The van der Waals surface area contributed by atoms with Crippen molar-refractivity contribution in [2.45, 2.75) is 6.42 Å². The van der Waals surface area contributed by atoms with Crippen molar-refractivity contribution in [3.05, 3.63) is 29.3 Å². The largest absolute Gasteiger partial charge is 0.493 e. The minimum absolute atomic E-state index is 0.0826. The third kappa shape index (κ3) is 3.34. The topological polar surface area (TPSA) is 76.1 Å². The van der Waals surface area contributed by atoms with E-state index in [0.29, 0.717) is 17.1 Å². The lowest BCUT2D eigenvalue weighted by Crippen LogP contribution is -2.32. The molecular weight excluding hydrogens is 274 g/mol. The molecule has 0 saturated carbocycles. The molecule has 112 valence electrons. The zero-order valence-corrected chi connectivity index (χ0v) is 12.0. The Hall–Kier alpha value is -2.50. The summed E-state index contributed by atoms with van der Waals surface area (Å²) in [6.45, 7) is 0.306. The van der Waals surface area contributed by atoms with Gasteiger partial charge in [0.05, 0.1) is 19.1 Å². The molecule has 2 rings (SSSR count). The number of methoxy groups -OCH3 is 1. The molecule has 0 fully saturated rings. The van der Waals surface area contributed by atoms with Crippen LogP contribution in [0.3, 0.4) is 0 Å². The Morgan fingerprint density at radius 3 is 2.86 bits per heavy atom. The molecule has 1 amide bonds. The van der Waals surface area contributed by atoms with Crippen LogP contribution in [-0.4, -0.2) is 49.2 Å². The van der Waals surface area contributed by atoms with E-state index in [0.717, 1.165) is 5.56 Å². The first kappa shape index (κ1) is 14.9. The Labute approximate surface area is 122 Å². The van der Waals surface area contributed by atoms with E-state index < -0.39 is 5.97 Å². The Balaban J connectivity index is 2.16. The minimum atomic E-state index is -0.932. The zero-order valence-electron chi connectivity index (χ0n) is 12.0. The lowest BCUT2D eigenvalue weighted by atomic mass is 10.1. The van der Waals surface area contributed by atoms with Crippen molar-refractivity contribution in [2.24, 2.45) is 0 Å². The zero-order chi connectivity index (χ0) is 15.4. The number of benzene rings is 1. The number of fused-ring (bicyclic) bond motifs is 1. The summed E-state index contributed by atoms with van der Waals surface area (Å²) in [6.07, 6.45) is 1.67.